The third-order valence-corrected chi connectivity index (χ3v) is 21.2. The van der Waals surface area contributed by atoms with Crippen molar-refractivity contribution in [2.24, 2.45) is 50.2 Å². The maximum Gasteiger partial charge on any atom is 0.315 e. The van der Waals surface area contributed by atoms with Gasteiger partial charge in [-0.2, -0.15) is 0 Å². The molecule has 456 valence electrons. The van der Waals surface area contributed by atoms with Crippen LogP contribution >= 0.6 is 0 Å². The van der Waals surface area contributed by atoms with Crippen LogP contribution in [0.25, 0.3) is 0 Å². The van der Waals surface area contributed by atoms with E-state index in [0.29, 0.717) is 44.9 Å². The van der Waals surface area contributed by atoms with Crippen molar-refractivity contribution in [2.75, 3.05) is 19.8 Å². The molecule has 9 rings (SSSR count). The summed E-state index contributed by atoms with van der Waals surface area (Å²) in [4.78, 5) is 41.7. The van der Waals surface area contributed by atoms with Crippen LogP contribution in [0.2, 0.25) is 0 Å². The molecule has 4 saturated heterocycles. The maximum absolute atomic E-state index is 15.5. The van der Waals surface area contributed by atoms with Gasteiger partial charge in [0.15, 0.2) is 31.1 Å². The van der Waals surface area contributed by atoms with Crippen molar-refractivity contribution in [2.45, 2.75) is 242 Å². The van der Waals surface area contributed by atoms with E-state index < -0.39 is 199 Å². The largest absolute Gasteiger partial charge is 0.481 e. The molecule has 8 fully saturated rings. The molecule has 0 amide bonds. The summed E-state index contributed by atoms with van der Waals surface area (Å²) in [6.07, 6.45) is -28.2. The normalized spacial score (nSPS) is 52.9. The molecule has 0 aromatic rings. The Kier molecular flexibility index (Phi) is 17.3. The Labute approximate surface area is 464 Å². The van der Waals surface area contributed by atoms with E-state index in [1.807, 2.05) is 6.92 Å². The number of carboxylic acid groups (broad SMARTS) is 1. The second-order valence-corrected chi connectivity index (χ2v) is 26.2. The van der Waals surface area contributed by atoms with Crippen LogP contribution in [-0.2, 0) is 57.0 Å². The van der Waals surface area contributed by atoms with Crippen LogP contribution in [0.3, 0.4) is 0 Å². The smallest absolute Gasteiger partial charge is 0.315 e. The molecule has 0 aromatic heterocycles. The highest BCUT2D eigenvalue weighted by Gasteiger charge is 2.74. The third-order valence-electron chi connectivity index (χ3n) is 21.2. The summed E-state index contributed by atoms with van der Waals surface area (Å²) in [5, 5.41) is 143. The van der Waals surface area contributed by atoms with Crippen molar-refractivity contribution >= 4 is 17.9 Å². The monoisotopic (exact) mass is 1150 g/mol. The van der Waals surface area contributed by atoms with Crippen molar-refractivity contribution in [1.82, 2.24) is 0 Å². The fraction of sp³-hybridized carbons (Fsp3) is 0.909. The van der Waals surface area contributed by atoms with Gasteiger partial charge in [0.2, 0.25) is 6.29 Å². The van der Waals surface area contributed by atoms with E-state index in [1.165, 1.54) is 20.8 Å². The standard InChI is InChI=1S/C55H86O25/c1-22-40(77-44-36(65)32(61)28(60)20-72-44)35(64)38(67)45(73-22)78-42-39(68)41(75-24(3)58)23(2)74-47(42)80-49(71)54-14-13-50(4,5)17-26(54)25-9-10-30-51(6)18-27(59)43(79-46-37(66)34(63)33(62)29(19-56)76-46)53(8,48(69)70)31(51)11-12-52(30,7)55(25,21-57)16-15-54/h9,22-23,26-47,56-57,59-68H,10-21H2,1-8H3,(H,69,70). The van der Waals surface area contributed by atoms with Gasteiger partial charge in [-0.25, -0.2) is 0 Å². The summed E-state index contributed by atoms with van der Waals surface area (Å²) < 4.78 is 53.3. The number of aliphatic carboxylic acids is 1. The number of esters is 2. The van der Waals surface area contributed by atoms with Crippen molar-refractivity contribution < 1.29 is 123 Å². The van der Waals surface area contributed by atoms with Crippen LogP contribution in [0.1, 0.15) is 113 Å². The number of carbonyl (C=O) groups is 3. The molecular weight excluding hydrogens is 1060 g/mol. The van der Waals surface area contributed by atoms with Crippen LogP contribution in [-0.4, -0.2) is 233 Å². The van der Waals surface area contributed by atoms with E-state index in [1.54, 1.807) is 0 Å². The lowest BCUT2D eigenvalue weighted by Gasteiger charge is -2.71. The van der Waals surface area contributed by atoms with Gasteiger partial charge in [0.25, 0.3) is 0 Å². The number of carbonyl (C=O) groups excluding carboxylic acids is 2. The molecular formula is C55H86O25. The molecule has 29 atom stereocenters. The minimum atomic E-state index is -1.93. The second kappa shape index (κ2) is 22.3. The molecule has 0 aromatic carbocycles. The molecule has 9 aliphatic rings. The van der Waals surface area contributed by atoms with Crippen LogP contribution in [0, 0.1) is 50.2 Å². The van der Waals surface area contributed by atoms with Gasteiger partial charge in [0.1, 0.15) is 73.2 Å². The van der Waals surface area contributed by atoms with Crippen LogP contribution in [0.4, 0.5) is 0 Å². The Balaban J connectivity index is 0.995. The topological polar surface area (TPSA) is 397 Å². The number of allylic oxidation sites excluding steroid dienone is 1. The predicted octanol–water partition coefficient (Wildman–Crippen LogP) is -1.76. The first-order valence-corrected chi connectivity index (χ1v) is 28.3. The quantitative estimate of drug-likeness (QED) is 0.0585. The van der Waals surface area contributed by atoms with E-state index in [0.717, 1.165) is 12.5 Å². The van der Waals surface area contributed by atoms with Crippen LogP contribution in [0.15, 0.2) is 11.6 Å². The minimum Gasteiger partial charge on any atom is -0.481 e. The first-order valence-electron chi connectivity index (χ1n) is 28.3. The minimum absolute atomic E-state index is 0.0407. The zero-order valence-electron chi connectivity index (χ0n) is 46.6. The summed E-state index contributed by atoms with van der Waals surface area (Å²) in [6.45, 7) is 12.4. The molecule has 80 heavy (non-hydrogen) atoms. The Morgan fingerprint density at radius 1 is 0.625 bits per heavy atom. The fourth-order valence-corrected chi connectivity index (χ4v) is 16.7. The zero-order chi connectivity index (χ0) is 58.7. The molecule has 13 N–H and O–H groups in total. The number of hydrogen-bond donors (Lipinski definition) is 13. The number of carboxylic acids is 1. The van der Waals surface area contributed by atoms with E-state index in [4.69, 9.17) is 42.6 Å². The number of aliphatic hydroxyl groups excluding tert-OH is 12. The molecule has 4 heterocycles. The second-order valence-electron chi connectivity index (χ2n) is 26.2. The Hall–Kier alpha value is -2.61. The summed E-state index contributed by atoms with van der Waals surface area (Å²) >= 11 is 0. The Morgan fingerprint density at radius 3 is 1.89 bits per heavy atom. The van der Waals surface area contributed by atoms with Crippen LogP contribution < -0.4 is 0 Å². The van der Waals surface area contributed by atoms with E-state index in [-0.39, 0.29) is 30.8 Å². The summed E-state index contributed by atoms with van der Waals surface area (Å²) in [7, 11) is 0. The van der Waals surface area contributed by atoms with Gasteiger partial charge < -0.3 is 109 Å². The molecule has 25 nitrogen and oxygen atoms in total. The molecule has 0 bridgehead atoms. The number of aliphatic hydroxyl groups is 12. The first-order chi connectivity index (χ1) is 37.4. The number of rotatable bonds is 12. The molecule has 0 radical (unpaired) electrons. The van der Waals surface area contributed by atoms with Gasteiger partial charge in [-0.05, 0) is 113 Å². The first kappa shape index (κ1) is 61.9. The van der Waals surface area contributed by atoms with Crippen molar-refractivity contribution in [3.8, 4) is 0 Å². The average Bonchev–Trinajstić information content (AvgIpc) is 1.89. The van der Waals surface area contributed by atoms with E-state index in [9.17, 15) is 76.0 Å². The molecule has 4 aliphatic heterocycles. The Morgan fingerprint density at radius 2 is 1.24 bits per heavy atom. The summed E-state index contributed by atoms with van der Waals surface area (Å²) in [5.74, 6) is -4.25. The van der Waals surface area contributed by atoms with Crippen molar-refractivity contribution in [1.29, 1.82) is 0 Å². The summed E-state index contributed by atoms with van der Waals surface area (Å²) in [5.41, 5.74) is -5.09. The van der Waals surface area contributed by atoms with Crippen molar-refractivity contribution in [3.05, 3.63) is 11.6 Å². The number of ether oxygens (including phenoxy) is 9. The lowest BCUT2D eigenvalue weighted by Crippen LogP contribution is -2.71. The molecule has 29 unspecified atom stereocenters. The van der Waals surface area contributed by atoms with E-state index >= 15 is 4.79 Å². The molecule has 0 spiro atoms. The van der Waals surface area contributed by atoms with Gasteiger partial charge in [-0.3, -0.25) is 14.4 Å². The van der Waals surface area contributed by atoms with Gasteiger partial charge in [-0.1, -0.05) is 39.3 Å². The van der Waals surface area contributed by atoms with Gasteiger partial charge in [-0.15, -0.1) is 0 Å². The predicted molar refractivity (Wildman–Crippen MR) is 268 cm³/mol. The van der Waals surface area contributed by atoms with E-state index in [2.05, 4.69) is 26.8 Å². The zero-order valence-corrected chi connectivity index (χ0v) is 46.6. The lowest BCUT2D eigenvalue weighted by molar-refractivity contribution is -0.373. The average molecular weight is 1150 g/mol. The third kappa shape index (κ3) is 9.89. The van der Waals surface area contributed by atoms with Gasteiger partial charge in [0, 0.05) is 12.3 Å². The van der Waals surface area contributed by atoms with Gasteiger partial charge in [0.05, 0.1) is 49.0 Å². The van der Waals surface area contributed by atoms with Crippen LogP contribution in [0.5, 0.6) is 0 Å². The number of hydrogen-bond acceptors (Lipinski definition) is 24. The van der Waals surface area contributed by atoms with Gasteiger partial charge >= 0.3 is 17.9 Å². The highest BCUT2D eigenvalue weighted by Crippen LogP contribution is 2.76. The fourth-order valence-electron chi connectivity index (χ4n) is 16.7. The highest BCUT2D eigenvalue weighted by atomic mass is 16.8. The molecule has 4 saturated carbocycles. The number of fused-ring (bicyclic) bond motifs is 7. The Bertz CT molecular complexity index is 2300. The maximum atomic E-state index is 15.5. The van der Waals surface area contributed by atoms with Crippen molar-refractivity contribution in [3.63, 3.8) is 0 Å². The molecule has 5 aliphatic carbocycles. The SMILES string of the molecule is CC(=O)OC1C(C)OC(OC(=O)C23CCC(C)(C)CC2C2=CCC4C5(C)CC(O)C(OC6OC(CO)C(O)C(O)C6O)C(C)(C(=O)O)C5CCC4(C)C2(CO)CC3)C(OC2OC(C)C(OC3OCC(O)C(O)C3O)C(O)C2O)C1O. The molecule has 25 heteroatoms. The summed E-state index contributed by atoms with van der Waals surface area (Å²) in [6, 6.07) is 0. The lowest BCUT2D eigenvalue weighted by atomic mass is 9.33. The highest BCUT2D eigenvalue weighted by molar-refractivity contribution is 5.79.